The van der Waals surface area contributed by atoms with Crippen LogP contribution in [0.1, 0.15) is 35.0 Å². The summed E-state index contributed by atoms with van der Waals surface area (Å²) in [6.45, 7) is 3.74. The Balaban J connectivity index is 1.88. The molecule has 0 spiro atoms. The molecule has 0 fully saturated rings. The van der Waals surface area contributed by atoms with Crippen molar-refractivity contribution in [2.45, 2.75) is 32.7 Å². The average Bonchev–Trinajstić information content (AvgIpc) is 2.92. The van der Waals surface area contributed by atoms with Gasteiger partial charge in [-0.3, -0.25) is 4.79 Å². The van der Waals surface area contributed by atoms with E-state index < -0.39 is 0 Å². The van der Waals surface area contributed by atoms with E-state index in [-0.39, 0.29) is 17.7 Å². The van der Waals surface area contributed by atoms with E-state index in [2.05, 4.69) is 5.32 Å². The standard InChI is InChI=1S/C16H19NO3/c1-11-10-13(6-8-15(11)18)16(19)17-12(2)5-7-14-4-3-9-20-14/h3-4,6,8-10,12,18H,5,7H2,1-2H3,(H,17,19). The van der Waals surface area contributed by atoms with Crippen LogP contribution in [0, 0.1) is 6.92 Å². The van der Waals surface area contributed by atoms with Gasteiger partial charge in [-0.1, -0.05) is 0 Å². The van der Waals surface area contributed by atoms with Gasteiger partial charge in [-0.05, 0) is 56.2 Å². The van der Waals surface area contributed by atoms with Gasteiger partial charge in [-0.2, -0.15) is 0 Å². The van der Waals surface area contributed by atoms with E-state index in [0.717, 1.165) is 18.6 Å². The number of rotatable bonds is 5. The lowest BCUT2D eigenvalue weighted by molar-refractivity contribution is 0.0938. The van der Waals surface area contributed by atoms with Crippen LogP contribution < -0.4 is 5.32 Å². The lowest BCUT2D eigenvalue weighted by atomic mass is 10.1. The number of aromatic hydroxyl groups is 1. The van der Waals surface area contributed by atoms with Gasteiger partial charge in [-0.15, -0.1) is 0 Å². The third-order valence-corrected chi connectivity index (χ3v) is 3.24. The van der Waals surface area contributed by atoms with Crippen molar-refractivity contribution in [3.8, 4) is 5.75 Å². The Labute approximate surface area is 118 Å². The van der Waals surface area contributed by atoms with Crippen molar-refractivity contribution in [3.05, 3.63) is 53.5 Å². The van der Waals surface area contributed by atoms with Crippen LogP contribution in [-0.4, -0.2) is 17.1 Å². The smallest absolute Gasteiger partial charge is 0.251 e. The first-order chi connectivity index (χ1) is 9.56. The maximum atomic E-state index is 12.1. The third kappa shape index (κ3) is 3.63. The molecule has 0 saturated heterocycles. The topological polar surface area (TPSA) is 62.5 Å². The summed E-state index contributed by atoms with van der Waals surface area (Å²) in [6, 6.07) is 8.69. The Kier molecular flexibility index (Phi) is 4.45. The zero-order valence-electron chi connectivity index (χ0n) is 11.7. The molecule has 1 atom stereocenters. The molecule has 0 aliphatic heterocycles. The molecule has 1 aromatic heterocycles. The molecule has 0 aliphatic rings. The number of aryl methyl sites for hydroxylation is 2. The summed E-state index contributed by atoms with van der Waals surface area (Å²) < 4.78 is 5.26. The van der Waals surface area contributed by atoms with E-state index in [9.17, 15) is 9.90 Å². The molecule has 1 heterocycles. The van der Waals surface area contributed by atoms with E-state index in [1.165, 1.54) is 6.07 Å². The number of phenols is 1. The predicted molar refractivity (Wildman–Crippen MR) is 76.8 cm³/mol. The molecule has 2 N–H and O–H groups in total. The molecule has 0 radical (unpaired) electrons. The van der Waals surface area contributed by atoms with Crippen molar-refractivity contribution < 1.29 is 14.3 Å². The van der Waals surface area contributed by atoms with Gasteiger partial charge in [0.25, 0.3) is 5.91 Å². The number of hydrogen-bond acceptors (Lipinski definition) is 3. The predicted octanol–water partition coefficient (Wildman–Crippen LogP) is 3.04. The van der Waals surface area contributed by atoms with Crippen LogP contribution in [0.5, 0.6) is 5.75 Å². The lowest BCUT2D eigenvalue weighted by Gasteiger charge is -2.13. The minimum atomic E-state index is -0.125. The Hall–Kier alpha value is -2.23. The number of benzene rings is 1. The van der Waals surface area contributed by atoms with Crippen molar-refractivity contribution in [1.29, 1.82) is 0 Å². The van der Waals surface area contributed by atoms with Gasteiger partial charge >= 0.3 is 0 Å². The first-order valence-corrected chi connectivity index (χ1v) is 6.69. The SMILES string of the molecule is Cc1cc(C(=O)NC(C)CCc2ccco2)ccc1O. The van der Waals surface area contributed by atoms with Gasteiger partial charge in [0.05, 0.1) is 6.26 Å². The second kappa shape index (κ2) is 6.28. The summed E-state index contributed by atoms with van der Waals surface area (Å²) in [4.78, 5) is 12.1. The van der Waals surface area contributed by atoms with Crippen LogP contribution in [0.15, 0.2) is 41.0 Å². The Morgan fingerprint density at radius 3 is 2.85 bits per heavy atom. The summed E-state index contributed by atoms with van der Waals surface area (Å²) in [5.41, 5.74) is 1.26. The Bertz CT molecular complexity index is 575. The molecule has 1 aromatic carbocycles. The molecule has 0 bridgehead atoms. The van der Waals surface area contributed by atoms with Crippen molar-refractivity contribution in [2.75, 3.05) is 0 Å². The minimum Gasteiger partial charge on any atom is -0.508 e. The summed E-state index contributed by atoms with van der Waals surface area (Å²) in [5, 5.41) is 12.4. The maximum absolute atomic E-state index is 12.1. The van der Waals surface area contributed by atoms with Crippen molar-refractivity contribution in [1.82, 2.24) is 5.32 Å². The molecule has 4 heteroatoms. The average molecular weight is 273 g/mol. The molecular weight excluding hydrogens is 254 g/mol. The molecule has 0 aliphatic carbocycles. The van der Waals surface area contributed by atoms with Crippen LogP contribution in [0.25, 0.3) is 0 Å². The monoisotopic (exact) mass is 273 g/mol. The molecule has 106 valence electrons. The van der Waals surface area contributed by atoms with Crippen molar-refractivity contribution in [3.63, 3.8) is 0 Å². The van der Waals surface area contributed by atoms with Crippen LogP contribution in [-0.2, 0) is 6.42 Å². The molecular formula is C16H19NO3. The number of phenolic OH excluding ortho intramolecular Hbond substituents is 1. The quantitative estimate of drug-likeness (QED) is 0.880. The number of carbonyl (C=O) groups is 1. The highest BCUT2D eigenvalue weighted by molar-refractivity contribution is 5.94. The molecule has 20 heavy (non-hydrogen) atoms. The van der Waals surface area contributed by atoms with Crippen molar-refractivity contribution in [2.24, 2.45) is 0 Å². The number of nitrogens with one attached hydrogen (secondary N) is 1. The Morgan fingerprint density at radius 1 is 1.40 bits per heavy atom. The summed E-state index contributed by atoms with van der Waals surface area (Å²) in [6.07, 6.45) is 3.26. The fourth-order valence-electron chi connectivity index (χ4n) is 1.99. The second-order valence-corrected chi connectivity index (χ2v) is 4.99. The summed E-state index contributed by atoms with van der Waals surface area (Å²) in [7, 11) is 0. The highest BCUT2D eigenvalue weighted by atomic mass is 16.3. The van der Waals surface area contributed by atoms with Crippen LogP contribution in [0.4, 0.5) is 0 Å². The molecule has 2 aromatic rings. The van der Waals surface area contributed by atoms with Crippen molar-refractivity contribution >= 4 is 5.91 Å². The first-order valence-electron chi connectivity index (χ1n) is 6.69. The minimum absolute atomic E-state index is 0.0571. The maximum Gasteiger partial charge on any atom is 0.251 e. The molecule has 2 rings (SSSR count). The number of hydrogen-bond donors (Lipinski definition) is 2. The van der Waals surface area contributed by atoms with Gasteiger partial charge in [0.15, 0.2) is 0 Å². The summed E-state index contributed by atoms with van der Waals surface area (Å²) >= 11 is 0. The van der Waals surface area contributed by atoms with Gasteiger partial charge in [0, 0.05) is 18.0 Å². The highest BCUT2D eigenvalue weighted by Crippen LogP contribution is 2.17. The third-order valence-electron chi connectivity index (χ3n) is 3.24. The van der Waals surface area contributed by atoms with Gasteiger partial charge in [0.2, 0.25) is 0 Å². The highest BCUT2D eigenvalue weighted by Gasteiger charge is 2.11. The van der Waals surface area contributed by atoms with Gasteiger partial charge < -0.3 is 14.8 Å². The zero-order valence-corrected chi connectivity index (χ0v) is 11.7. The molecule has 1 unspecified atom stereocenters. The second-order valence-electron chi connectivity index (χ2n) is 4.99. The first kappa shape index (κ1) is 14.2. The normalized spacial score (nSPS) is 12.1. The van der Waals surface area contributed by atoms with E-state index in [0.29, 0.717) is 11.1 Å². The molecule has 1 amide bonds. The van der Waals surface area contributed by atoms with E-state index in [4.69, 9.17) is 4.42 Å². The molecule has 4 nitrogen and oxygen atoms in total. The van der Waals surface area contributed by atoms with E-state index >= 15 is 0 Å². The number of carbonyl (C=O) groups excluding carboxylic acids is 1. The fraction of sp³-hybridized carbons (Fsp3) is 0.312. The fourth-order valence-corrected chi connectivity index (χ4v) is 1.99. The molecule has 0 saturated carbocycles. The van der Waals surface area contributed by atoms with Crippen LogP contribution in [0.3, 0.4) is 0 Å². The Morgan fingerprint density at radius 2 is 2.20 bits per heavy atom. The van der Waals surface area contributed by atoms with Gasteiger partial charge in [0.1, 0.15) is 11.5 Å². The van der Waals surface area contributed by atoms with Crippen LogP contribution >= 0.6 is 0 Å². The lowest BCUT2D eigenvalue weighted by Crippen LogP contribution is -2.32. The van der Waals surface area contributed by atoms with E-state index in [1.807, 2.05) is 19.1 Å². The zero-order chi connectivity index (χ0) is 14.5. The largest absolute Gasteiger partial charge is 0.508 e. The van der Waals surface area contributed by atoms with Gasteiger partial charge in [-0.25, -0.2) is 0 Å². The summed E-state index contributed by atoms with van der Waals surface area (Å²) in [5.74, 6) is 0.999. The number of furan rings is 1. The number of amides is 1. The van der Waals surface area contributed by atoms with Crippen LogP contribution in [0.2, 0.25) is 0 Å². The van der Waals surface area contributed by atoms with E-state index in [1.54, 1.807) is 25.3 Å².